The second-order valence-electron chi connectivity index (χ2n) is 6.08. The molecule has 0 aromatic carbocycles. The number of pyridine rings is 1. The summed E-state index contributed by atoms with van der Waals surface area (Å²) in [6, 6.07) is 2.07. The second-order valence-corrected chi connectivity index (χ2v) is 6.08. The molecule has 4 nitrogen and oxygen atoms in total. The van der Waals surface area contributed by atoms with E-state index in [1.54, 1.807) is 18.5 Å². The molecule has 0 bridgehead atoms. The molecule has 1 amide bonds. The molecule has 2 rings (SSSR count). The van der Waals surface area contributed by atoms with Gasteiger partial charge in [-0.15, -0.1) is 0 Å². The van der Waals surface area contributed by atoms with Gasteiger partial charge >= 0.3 is 0 Å². The van der Waals surface area contributed by atoms with Crippen LogP contribution in [0.2, 0.25) is 0 Å². The molecule has 1 aliphatic carbocycles. The Hall–Kier alpha value is -1.58. The van der Waals surface area contributed by atoms with Crippen molar-refractivity contribution in [1.29, 1.82) is 0 Å². The van der Waals surface area contributed by atoms with Crippen LogP contribution in [-0.2, 0) is 0 Å². The van der Waals surface area contributed by atoms with Crippen LogP contribution in [0.4, 0.5) is 5.69 Å². The van der Waals surface area contributed by atoms with E-state index in [1.807, 2.05) is 4.90 Å². The number of aromatic nitrogens is 1. The lowest BCUT2D eigenvalue weighted by Crippen LogP contribution is -2.40. The lowest BCUT2D eigenvalue weighted by molar-refractivity contribution is 0.0672. The number of nitrogens with two attached hydrogens (primary N) is 1. The first-order valence-corrected chi connectivity index (χ1v) is 7.60. The summed E-state index contributed by atoms with van der Waals surface area (Å²) in [6.45, 7) is 5.20. The molecule has 0 radical (unpaired) electrons. The number of amides is 1. The zero-order valence-electron chi connectivity index (χ0n) is 12.5. The predicted molar refractivity (Wildman–Crippen MR) is 81.4 cm³/mol. The summed E-state index contributed by atoms with van der Waals surface area (Å²) >= 11 is 0. The Balaban J connectivity index is 2.16. The van der Waals surface area contributed by atoms with Crippen LogP contribution in [0.25, 0.3) is 0 Å². The molecule has 0 saturated heterocycles. The smallest absolute Gasteiger partial charge is 0.257 e. The minimum Gasteiger partial charge on any atom is -0.398 e. The summed E-state index contributed by atoms with van der Waals surface area (Å²) < 4.78 is 0. The summed E-state index contributed by atoms with van der Waals surface area (Å²) in [7, 11) is 0. The molecule has 2 N–H and O–H groups in total. The number of carbonyl (C=O) groups excluding carboxylic acids is 1. The molecule has 1 heterocycles. The Kier molecular flexibility index (Phi) is 4.99. The van der Waals surface area contributed by atoms with Crippen LogP contribution in [0.1, 0.15) is 56.3 Å². The first kappa shape index (κ1) is 14.8. The van der Waals surface area contributed by atoms with Crippen molar-refractivity contribution in [3.63, 3.8) is 0 Å². The Morgan fingerprint density at radius 2 is 2.15 bits per heavy atom. The van der Waals surface area contributed by atoms with Gasteiger partial charge in [0.05, 0.1) is 5.56 Å². The molecular weight excluding hydrogens is 250 g/mol. The highest BCUT2D eigenvalue weighted by atomic mass is 16.2. The maximum absolute atomic E-state index is 12.8. The highest BCUT2D eigenvalue weighted by molar-refractivity contribution is 5.98. The number of hydrogen-bond acceptors (Lipinski definition) is 3. The van der Waals surface area contributed by atoms with Crippen LogP contribution in [0.15, 0.2) is 18.5 Å². The molecule has 20 heavy (non-hydrogen) atoms. The number of nitrogen functional groups attached to an aromatic ring is 1. The number of rotatable bonds is 5. The van der Waals surface area contributed by atoms with Crippen LogP contribution < -0.4 is 5.73 Å². The molecule has 0 atom stereocenters. The highest BCUT2D eigenvalue weighted by Crippen LogP contribution is 2.26. The summed E-state index contributed by atoms with van der Waals surface area (Å²) in [4.78, 5) is 18.8. The molecule has 1 aromatic rings. The first-order chi connectivity index (χ1) is 9.59. The quantitative estimate of drug-likeness (QED) is 0.898. The Morgan fingerprint density at radius 3 is 2.75 bits per heavy atom. The van der Waals surface area contributed by atoms with E-state index in [1.165, 1.54) is 12.8 Å². The lowest BCUT2D eigenvalue weighted by Gasteiger charge is -2.30. The molecule has 110 valence electrons. The third-order valence-electron chi connectivity index (χ3n) is 4.06. The average molecular weight is 275 g/mol. The maximum Gasteiger partial charge on any atom is 0.257 e. The number of hydrogen-bond donors (Lipinski definition) is 1. The molecule has 0 unspecified atom stereocenters. The van der Waals surface area contributed by atoms with E-state index < -0.39 is 0 Å². The van der Waals surface area contributed by atoms with Crippen molar-refractivity contribution in [2.45, 2.75) is 52.0 Å². The van der Waals surface area contributed by atoms with E-state index in [2.05, 4.69) is 18.8 Å². The molecule has 1 aliphatic rings. The van der Waals surface area contributed by atoms with Crippen LogP contribution in [0.5, 0.6) is 0 Å². The van der Waals surface area contributed by atoms with Crippen molar-refractivity contribution < 1.29 is 4.79 Å². The SMILES string of the molecule is CC(C)CCN(C(=O)c1cnccc1N)C1CCCC1. The number of nitrogens with zero attached hydrogens (tertiary/aromatic N) is 2. The minimum absolute atomic E-state index is 0.0446. The van der Waals surface area contributed by atoms with Gasteiger partial charge in [0.1, 0.15) is 0 Å². The molecule has 1 aromatic heterocycles. The van der Waals surface area contributed by atoms with Gasteiger partial charge in [-0.2, -0.15) is 0 Å². The van der Waals surface area contributed by atoms with E-state index in [0.717, 1.165) is 25.8 Å². The van der Waals surface area contributed by atoms with Crippen LogP contribution in [-0.4, -0.2) is 28.4 Å². The van der Waals surface area contributed by atoms with Crippen LogP contribution >= 0.6 is 0 Å². The standard InChI is InChI=1S/C16H25N3O/c1-12(2)8-10-19(13-5-3-4-6-13)16(20)14-11-18-9-7-15(14)17/h7,9,11-13H,3-6,8,10H2,1-2H3,(H2,17,18). The largest absolute Gasteiger partial charge is 0.398 e. The fourth-order valence-electron chi connectivity index (χ4n) is 2.80. The summed E-state index contributed by atoms with van der Waals surface area (Å²) in [6.07, 6.45) is 8.92. The first-order valence-electron chi connectivity index (χ1n) is 7.60. The van der Waals surface area contributed by atoms with Crippen molar-refractivity contribution in [2.24, 2.45) is 5.92 Å². The van der Waals surface area contributed by atoms with Gasteiger partial charge in [0.25, 0.3) is 5.91 Å². The summed E-state index contributed by atoms with van der Waals surface area (Å²) in [5, 5.41) is 0. The molecule has 4 heteroatoms. The van der Waals surface area contributed by atoms with Crippen molar-refractivity contribution in [1.82, 2.24) is 9.88 Å². The van der Waals surface area contributed by atoms with Crippen LogP contribution in [0.3, 0.4) is 0 Å². The average Bonchev–Trinajstić information content (AvgIpc) is 2.93. The van der Waals surface area contributed by atoms with Gasteiger partial charge in [-0.1, -0.05) is 26.7 Å². The van der Waals surface area contributed by atoms with Crippen LogP contribution in [0, 0.1) is 5.92 Å². The fourth-order valence-corrected chi connectivity index (χ4v) is 2.80. The van der Waals surface area contributed by atoms with Gasteiger partial charge < -0.3 is 10.6 Å². The Bertz CT molecular complexity index is 453. The Labute approximate surface area is 121 Å². The molecule has 1 saturated carbocycles. The van der Waals surface area contributed by atoms with Crippen molar-refractivity contribution >= 4 is 11.6 Å². The summed E-state index contributed by atoms with van der Waals surface area (Å²) in [5.74, 6) is 0.640. The van der Waals surface area contributed by atoms with Crippen molar-refractivity contribution in [3.05, 3.63) is 24.0 Å². The third kappa shape index (κ3) is 3.50. The van der Waals surface area contributed by atoms with Gasteiger partial charge in [-0.25, -0.2) is 0 Å². The maximum atomic E-state index is 12.8. The lowest BCUT2D eigenvalue weighted by atomic mass is 10.1. The van der Waals surface area contributed by atoms with E-state index in [4.69, 9.17) is 5.73 Å². The normalized spacial score (nSPS) is 15.8. The second kappa shape index (κ2) is 6.73. The van der Waals surface area contributed by atoms with E-state index in [9.17, 15) is 4.79 Å². The topological polar surface area (TPSA) is 59.2 Å². The monoisotopic (exact) mass is 275 g/mol. The van der Waals surface area contributed by atoms with E-state index in [-0.39, 0.29) is 5.91 Å². The van der Waals surface area contributed by atoms with Gasteiger partial charge in [0.15, 0.2) is 0 Å². The van der Waals surface area contributed by atoms with Crippen molar-refractivity contribution in [3.8, 4) is 0 Å². The van der Waals surface area contributed by atoms with Crippen molar-refractivity contribution in [2.75, 3.05) is 12.3 Å². The number of anilines is 1. The van der Waals surface area contributed by atoms with Gasteiger partial charge in [0.2, 0.25) is 0 Å². The third-order valence-corrected chi connectivity index (χ3v) is 4.06. The zero-order chi connectivity index (χ0) is 14.5. The van der Waals surface area contributed by atoms with E-state index in [0.29, 0.717) is 23.2 Å². The van der Waals surface area contributed by atoms with E-state index >= 15 is 0 Å². The molecule has 1 fully saturated rings. The molecular formula is C16H25N3O. The zero-order valence-corrected chi connectivity index (χ0v) is 12.5. The van der Waals surface area contributed by atoms with Gasteiger partial charge in [0, 0.05) is 30.7 Å². The Morgan fingerprint density at radius 1 is 1.45 bits per heavy atom. The van der Waals surface area contributed by atoms with Gasteiger partial charge in [-0.3, -0.25) is 9.78 Å². The number of carbonyl (C=O) groups is 1. The molecule has 0 spiro atoms. The predicted octanol–water partition coefficient (Wildman–Crippen LogP) is 3.09. The summed E-state index contributed by atoms with van der Waals surface area (Å²) in [5.41, 5.74) is 7.00. The fraction of sp³-hybridized carbons (Fsp3) is 0.625. The van der Waals surface area contributed by atoms with Gasteiger partial charge in [-0.05, 0) is 31.2 Å². The molecule has 0 aliphatic heterocycles. The minimum atomic E-state index is 0.0446. The highest BCUT2D eigenvalue weighted by Gasteiger charge is 2.28.